The second-order valence-corrected chi connectivity index (χ2v) is 23.5. The number of carbonyl (C=O) groups is 2. The zero-order valence-corrected chi connectivity index (χ0v) is 40.2. The molecule has 0 radical (unpaired) electrons. The first-order valence-electron chi connectivity index (χ1n) is 27.9. The van der Waals surface area contributed by atoms with Gasteiger partial charge in [-0.15, -0.1) is 0 Å². The van der Waals surface area contributed by atoms with E-state index < -0.39 is 0 Å². The van der Waals surface area contributed by atoms with Crippen LogP contribution in [-0.4, -0.2) is 22.9 Å². The quantitative estimate of drug-likeness (QED) is 0.0625. The molecule has 4 nitrogen and oxygen atoms in total. The molecule has 8 aliphatic rings. The van der Waals surface area contributed by atoms with Crippen molar-refractivity contribution in [2.45, 2.75) is 307 Å². The number of amides is 2. The summed E-state index contributed by atoms with van der Waals surface area (Å²) in [5.41, 5.74) is 0.843. The topological polar surface area (TPSA) is 58.2 Å². The van der Waals surface area contributed by atoms with E-state index in [9.17, 15) is 9.59 Å². The molecule has 4 heteroatoms. The van der Waals surface area contributed by atoms with E-state index in [0.717, 1.165) is 49.4 Å². The largest absolute Gasteiger partial charge is 0.351 e. The molecule has 0 aromatic heterocycles. The molecule has 8 aliphatic carbocycles. The lowest BCUT2D eigenvalue weighted by Gasteiger charge is -2.74. The second-order valence-electron chi connectivity index (χ2n) is 23.5. The van der Waals surface area contributed by atoms with Crippen molar-refractivity contribution in [3.05, 3.63) is 0 Å². The van der Waals surface area contributed by atoms with Gasteiger partial charge in [0.2, 0.25) is 11.8 Å². The average Bonchev–Trinajstić information content (AvgIpc) is 3.19. The molecule has 8 saturated carbocycles. The van der Waals surface area contributed by atoms with E-state index in [4.69, 9.17) is 0 Å². The van der Waals surface area contributed by atoms with Gasteiger partial charge < -0.3 is 10.6 Å². The summed E-state index contributed by atoms with van der Waals surface area (Å²) in [6.07, 6.45) is 58.3. The fourth-order valence-electron chi connectivity index (χ4n) is 16.1. The van der Waals surface area contributed by atoms with Crippen molar-refractivity contribution in [2.75, 3.05) is 0 Å². The molecule has 0 saturated heterocycles. The molecular formula is C56H100N2O2. The SMILES string of the molecule is CCCCCCCCCCCCCCCCCC(=O)NC12C[C@H]3C[C@@H](C1)CC(C14C[C@@H]5C[C@@H](CC(NC(=O)CCCCCCCCCCCCCCCCC)(C5)C1)C4)(C3)C2. The molecule has 8 atom stereocenters. The summed E-state index contributed by atoms with van der Waals surface area (Å²) in [5.74, 6) is 3.88. The molecule has 0 aromatic carbocycles. The molecular weight excluding hydrogens is 733 g/mol. The molecule has 60 heavy (non-hydrogen) atoms. The minimum absolute atomic E-state index is 0.0456. The Morgan fingerprint density at radius 3 is 0.833 bits per heavy atom. The van der Waals surface area contributed by atoms with Crippen LogP contribution in [0.2, 0.25) is 0 Å². The van der Waals surface area contributed by atoms with Crippen molar-refractivity contribution in [1.82, 2.24) is 10.6 Å². The highest BCUT2D eigenvalue weighted by molar-refractivity contribution is 5.77. The van der Waals surface area contributed by atoms with Crippen LogP contribution in [0.1, 0.15) is 296 Å². The summed E-state index contributed by atoms with van der Waals surface area (Å²) in [7, 11) is 0. The Morgan fingerprint density at radius 1 is 0.350 bits per heavy atom. The first-order chi connectivity index (χ1) is 29.3. The van der Waals surface area contributed by atoms with Gasteiger partial charge in [-0.2, -0.15) is 0 Å². The number of nitrogens with one attached hydrogen (secondary N) is 2. The summed E-state index contributed by atoms with van der Waals surface area (Å²) >= 11 is 0. The van der Waals surface area contributed by atoms with Gasteiger partial charge in [-0.05, 0) is 124 Å². The molecule has 8 rings (SSSR count). The Kier molecular flexibility index (Phi) is 20.0. The van der Waals surface area contributed by atoms with Gasteiger partial charge in [-0.3, -0.25) is 9.59 Å². The fourth-order valence-corrected chi connectivity index (χ4v) is 16.1. The van der Waals surface area contributed by atoms with Crippen molar-refractivity contribution < 1.29 is 9.59 Å². The summed E-state index contributed by atoms with van der Waals surface area (Å²) in [4.78, 5) is 27.4. The van der Waals surface area contributed by atoms with Gasteiger partial charge in [0.05, 0.1) is 0 Å². The van der Waals surface area contributed by atoms with E-state index in [0.29, 0.717) is 22.6 Å². The van der Waals surface area contributed by atoms with Gasteiger partial charge in [0.1, 0.15) is 0 Å². The van der Waals surface area contributed by atoms with Crippen LogP contribution >= 0.6 is 0 Å². The van der Waals surface area contributed by atoms with E-state index >= 15 is 0 Å². The molecule has 0 aromatic rings. The van der Waals surface area contributed by atoms with Crippen LogP contribution in [0.4, 0.5) is 0 Å². The molecule has 0 heterocycles. The molecule has 8 fully saturated rings. The molecule has 346 valence electrons. The number of hydrogen-bond donors (Lipinski definition) is 2. The lowest BCUT2D eigenvalue weighted by atomic mass is 9.33. The summed E-state index contributed by atoms with van der Waals surface area (Å²) in [6.45, 7) is 4.60. The van der Waals surface area contributed by atoms with Gasteiger partial charge in [0.25, 0.3) is 0 Å². The monoisotopic (exact) mass is 833 g/mol. The van der Waals surface area contributed by atoms with Crippen LogP contribution in [0.25, 0.3) is 0 Å². The Balaban J connectivity index is 0.868. The van der Waals surface area contributed by atoms with Crippen molar-refractivity contribution in [2.24, 2.45) is 34.5 Å². The number of rotatable bonds is 35. The minimum Gasteiger partial charge on any atom is -0.351 e. The predicted molar refractivity (Wildman–Crippen MR) is 255 cm³/mol. The van der Waals surface area contributed by atoms with Crippen LogP contribution in [0.3, 0.4) is 0 Å². The van der Waals surface area contributed by atoms with E-state index in [1.54, 1.807) is 0 Å². The predicted octanol–water partition coefficient (Wildman–Crippen LogP) is 16.4. The third-order valence-electron chi connectivity index (χ3n) is 18.1. The maximum atomic E-state index is 13.7. The molecule has 2 amide bonds. The minimum atomic E-state index is 0.0456. The first kappa shape index (κ1) is 48.4. The Hall–Kier alpha value is -1.06. The zero-order chi connectivity index (χ0) is 42.0. The number of carbonyl (C=O) groups excluding carboxylic acids is 2. The molecule has 0 aliphatic heterocycles. The Labute approximate surface area is 372 Å². The van der Waals surface area contributed by atoms with E-state index in [-0.39, 0.29) is 11.1 Å². The highest BCUT2D eigenvalue weighted by Crippen LogP contribution is 2.76. The van der Waals surface area contributed by atoms with Crippen molar-refractivity contribution in [3.63, 3.8) is 0 Å². The van der Waals surface area contributed by atoms with Gasteiger partial charge in [-0.25, -0.2) is 0 Å². The normalized spacial score (nSPS) is 32.2. The van der Waals surface area contributed by atoms with E-state index in [1.165, 1.54) is 257 Å². The standard InChI is InChI=1S/C56H100N2O2/c1-3-5-7-9-11-13-15-17-19-21-23-25-27-29-31-33-51(59)57-55-41-47-35-48(42-55)38-53(37-47,45-55)54-39-49-36-50(40-54)44-56(43-49,46-54)58-52(60)34-32-30-28-26-24-22-20-18-16-14-12-10-8-6-4-2/h47-50H,3-46H2,1-2H3,(H,57,59)(H,58,60)/t47-,48+,49-,50+,53?,54?,55?,56?. The van der Waals surface area contributed by atoms with Crippen LogP contribution in [0.15, 0.2) is 0 Å². The van der Waals surface area contributed by atoms with Crippen LogP contribution in [0.5, 0.6) is 0 Å². The Morgan fingerprint density at radius 2 is 0.583 bits per heavy atom. The summed E-state index contributed by atoms with van der Waals surface area (Å²) < 4.78 is 0. The molecule has 4 unspecified atom stereocenters. The maximum absolute atomic E-state index is 13.7. The van der Waals surface area contributed by atoms with E-state index in [1.807, 2.05) is 0 Å². The van der Waals surface area contributed by atoms with E-state index in [2.05, 4.69) is 24.5 Å². The zero-order valence-electron chi connectivity index (χ0n) is 40.2. The highest BCUT2D eigenvalue weighted by Gasteiger charge is 2.70. The third kappa shape index (κ3) is 14.2. The smallest absolute Gasteiger partial charge is 0.220 e. The van der Waals surface area contributed by atoms with Gasteiger partial charge in [0, 0.05) is 23.9 Å². The lowest BCUT2D eigenvalue weighted by Crippen LogP contribution is -2.71. The van der Waals surface area contributed by atoms with Gasteiger partial charge >= 0.3 is 0 Å². The van der Waals surface area contributed by atoms with Crippen molar-refractivity contribution >= 4 is 11.8 Å². The maximum Gasteiger partial charge on any atom is 0.220 e. The Bertz CT molecular complexity index is 1120. The molecule has 0 spiro atoms. The second kappa shape index (κ2) is 24.9. The number of hydrogen-bond acceptors (Lipinski definition) is 2. The van der Waals surface area contributed by atoms with Gasteiger partial charge in [0.15, 0.2) is 0 Å². The molecule has 8 bridgehead atoms. The third-order valence-corrected chi connectivity index (χ3v) is 18.1. The van der Waals surface area contributed by atoms with Crippen LogP contribution < -0.4 is 10.6 Å². The number of unbranched alkanes of at least 4 members (excludes halogenated alkanes) is 28. The van der Waals surface area contributed by atoms with Crippen molar-refractivity contribution in [3.8, 4) is 0 Å². The van der Waals surface area contributed by atoms with Crippen molar-refractivity contribution in [1.29, 1.82) is 0 Å². The fraction of sp³-hybridized carbons (Fsp3) is 0.964. The average molecular weight is 833 g/mol. The first-order valence-corrected chi connectivity index (χ1v) is 27.9. The van der Waals surface area contributed by atoms with Crippen LogP contribution in [-0.2, 0) is 9.59 Å². The summed E-state index contributed by atoms with van der Waals surface area (Å²) in [6, 6.07) is 0. The summed E-state index contributed by atoms with van der Waals surface area (Å²) in [5, 5.41) is 7.65. The van der Waals surface area contributed by atoms with Gasteiger partial charge in [-0.1, -0.05) is 194 Å². The lowest BCUT2D eigenvalue weighted by molar-refractivity contribution is -0.216. The molecule has 2 N–H and O–H groups in total. The van der Waals surface area contributed by atoms with Crippen LogP contribution in [0, 0.1) is 34.5 Å². The highest BCUT2D eigenvalue weighted by atomic mass is 16.2.